The largest absolute Gasteiger partial charge is 0.452 e. The van der Waals surface area contributed by atoms with Gasteiger partial charge in [0.1, 0.15) is 5.69 Å². The minimum atomic E-state index is -0.601. The highest BCUT2D eigenvalue weighted by Crippen LogP contribution is 2.47. The van der Waals surface area contributed by atoms with Gasteiger partial charge in [0.05, 0.1) is 21.9 Å². The normalized spacial score (nSPS) is 12.3. The van der Waals surface area contributed by atoms with Gasteiger partial charge >= 0.3 is 5.97 Å². The van der Waals surface area contributed by atoms with Crippen LogP contribution < -0.4 is 4.90 Å². The maximum Gasteiger partial charge on any atom is 0.331 e. The Morgan fingerprint density at radius 3 is 2.21 bits per heavy atom. The van der Waals surface area contributed by atoms with Crippen LogP contribution in [0.1, 0.15) is 5.56 Å². The first kappa shape index (κ1) is 24.0. The average Bonchev–Trinajstić information content (AvgIpc) is 3.64. The second-order valence-corrected chi connectivity index (χ2v) is 10.4. The molecule has 6 nitrogen and oxygen atoms in total. The van der Waals surface area contributed by atoms with Crippen LogP contribution in [0.5, 0.6) is 0 Å². The molecule has 1 aliphatic rings. The standard InChI is InChI=1S/C30H21N3O3S2/c34-28(33-23-11-4-6-13-25(23)38-26-14-7-5-12-24(26)33)20-36-29(35)17-16-21-19-32(22-9-2-1-3-10-22)31-30(21)27-15-8-18-37-27/h1-19H,20H2. The van der Waals surface area contributed by atoms with Gasteiger partial charge in [-0.05, 0) is 53.9 Å². The summed E-state index contributed by atoms with van der Waals surface area (Å²) in [6, 6.07) is 29.1. The van der Waals surface area contributed by atoms with E-state index in [4.69, 9.17) is 9.84 Å². The van der Waals surface area contributed by atoms with E-state index in [0.717, 1.165) is 43.0 Å². The molecule has 0 saturated carbocycles. The van der Waals surface area contributed by atoms with Gasteiger partial charge in [-0.3, -0.25) is 9.69 Å². The Hall–Kier alpha value is -4.40. The Labute approximate surface area is 227 Å². The fourth-order valence-electron chi connectivity index (χ4n) is 4.20. The van der Waals surface area contributed by atoms with Crippen molar-refractivity contribution >= 4 is 52.4 Å². The maximum atomic E-state index is 13.3. The minimum absolute atomic E-state index is 0.317. The number of carbonyl (C=O) groups excluding carboxylic acids is 2. The molecular formula is C30H21N3O3S2. The third kappa shape index (κ3) is 4.79. The summed E-state index contributed by atoms with van der Waals surface area (Å²) in [5.41, 5.74) is 4.01. The number of para-hydroxylation sites is 3. The maximum absolute atomic E-state index is 13.3. The number of benzene rings is 3. The van der Waals surface area contributed by atoms with E-state index < -0.39 is 5.97 Å². The number of rotatable bonds is 6. The zero-order chi connectivity index (χ0) is 25.9. The fraction of sp³-hybridized carbons (Fsp3) is 0.0333. The molecule has 8 heteroatoms. The summed E-state index contributed by atoms with van der Waals surface area (Å²) < 4.78 is 7.17. The Bertz CT molecular complexity index is 1600. The first-order valence-corrected chi connectivity index (χ1v) is 13.6. The van der Waals surface area contributed by atoms with Crippen LogP contribution >= 0.6 is 23.1 Å². The van der Waals surface area contributed by atoms with Crippen molar-refractivity contribution in [1.29, 1.82) is 0 Å². The molecule has 0 bridgehead atoms. The summed E-state index contributed by atoms with van der Waals surface area (Å²) in [5, 5.41) is 6.73. The number of anilines is 2. The number of esters is 1. The number of aromatic nitrogens is 2. The van der Waals surface area contributed by atoms with Crippen LogP contribution in [0.3, 0.4) is 0 Å². The van der Waals surface area contributed by atoms with Crippen molar-refractivity contribution in [2.24, 2.45) is 0 Å². The molecule has 2 aromatic heterocycles. The molecule has 5 aromatic rings. The highest BCUT2D eigenvalue weighted by Gasteiger charge is 2.28. The number of hydrogen-bond acceptors (Lipinski definition) is 6. The van der Waals surface area contributed by atoms with Crippen LogP contribution in [0.25, 0.3) is 22.3 Å². The molecule has 0 N–H and O–H groups in total. The quantitative estimate of drug-likeness (QED) is 0.173. The Morgan fingerprint density at radius 1 is 0.842 bits per heavy atom. The van der Waals surface area contributed by atoms with Crippen molar-refractivity contribution in [3.8, 4) is 16.3 Å². The lowest BCUT2D eigenvalue weighted by Crippen LogP contribution is -2.32. The van der Waals surface area contributed by atoms with Gasteiger partial charge in [0, 0.05) is 27.6 Å². The van der Waals surface area contributed by atoms with Gasteiger partial charge in [-0.15, -0.1) is 11.3 Å². The topological polar surface area (TPSA) is 64.4 Å². The first-order valence-electron chi connectivity index (χ1n) is 11.9. The number of amides is 1. The molecule has 1 amide bonds. The van der Waals surface area contributed by atoms with E-state index in [1.807, 2.05) is 103 Å². The van der Waals surface area contributed by atoms with Crippen molar-refractivity contribution in [3.63, 3.8) is 0 Å². The van der Waals surface area contributed by atoms with E-state index in [9.17, 15) is 9.59 Å². The van der Waals surface area contributed by atoms with E-state index >= 15 is 0 Å². The number of nitrogens with zero attached hydrogens (tertiary/aromatic N) is 3. The van der Waals surface area contributed by atoms with Crippen LogP contribution in [-0.2, 0) is 14.3 Å². The van der Waals surface area contributed by atoms with Crippen LogP contribution in [-0.4, -0.2) is 28.3 Å². The molecule has 0 spiro atoms. The van der Waals surface area contributed by atoms with Crippen molar-refractivity contribution in [1.82, 2.24) is 9.78 Å². The highest BCUT2D eigenvalue weighted by atomic mass is 32.2. The van der Waals surface area contributed by atoms with Crippen molar-refractivity contribution < 1.29 is 14.3 Å². The van der Waals surface area contributed by atoms with Gasteiger partial charge in [-0.2, -0.15) is 5.10 Å². The van der Waals surface area contributed by atoms with E-state index in [2.05, 4.69) is 0 Å². The minimum Gasteiger partial charge on any atom is -0.452 e. The van der Waals surface area contributed by atoms with Crippen LogP contribution in [0.15, 0.2) is 118 Å². The molecule has 6 rings (SSSR count). The highest BCUT2D eigenvalue weighted by molar-refractivity contribution is 7.99. The summed E-state index contributed by atoms with van der Waals surface area (Å²) in [6.45, 7) is -0.377. The number of fused-ring (bicyclic) bond motifs is 2. The lowest BCUT2D eigenvalue weighted by atomic mass is 10.2. The average molecular weight is 536 g/mol. The van der Waals surface area contributed by atoms with E-state index in [0.29, 0.717) is 0 Å². The summed E-state index contributed by atoms with van der Waals surface area (Å²) in [7, 11) is 0. The summed E-state index contributed by atoms with van der Waals surface area (Å²) >= 11 is 3.19. The molecule has 0 atom stereocenters. The third-order valence-electron chi connectivity index (χ3n) is 5.94. The summed E-state index contributed by atoms with van der Waals surface area (Å²) in [6.07, 6.45) is 4.89. The molecule has 3 aromatic carbocycles. The van der Waals surface area contributed by atoms with Crippen LogP contribution in [0.2, 0.25) is 0 Å². The number of carbonyl (C=O) groups is 2. The van der Waals surface area contributed by atoms with Gasteiger partial charge in [0.15, 0.2) is 6.61 Å². The summed E-state index contributed by atoms with van der Waals surface area (Å²) in [4.78, 5) is 30.5. The molecule has 3 heterocycles. The van der Waals surface area contributed by atoms with E-state index in [1.165, 1.54) is 6.08 Å². The van der Waals surface area contributed by atoms with Crippen LogP contribution in [0.4, 0.5) is 11.4 Å². The molecule has 0 aliphatic carbocycles. The fourth-order valence-corrected chi connectivity index (χ4v) is 5.99. The second kappa shape index (κ2) is 10.5. The molecule has 0 radical (unpaired) electrons. The lowest BCUT2D eigenvalue weighted by Gasteiger charge is -2.30. The van der Waals surface area contributed by atoms with Gasteiger partial charge in [-0.1, -0.05) is 60.3 Å². The van der Waals surface area contributed by atoms with Crippen molar-refractivity contribution in [2.45, 2.75) is 9.79 Å². The van der Waals surface area contributed by atoms with E-state index in [-0.39, 0.29) is 12.5 Å². The SMILES string of the molecule is O=C(C=Cc1cn(-c2ccccc2)nc1-c1cccs1)OCC(=O)N1c2ccccc2Sc2ccccc21. The molecular weight excluding hydrogens is 514 g/mol. The Kier molecular flexibility index (Phi) is 6.64. The Balaban J connectivity index is 1.20. The predicted molar refractivity (Wildman–Crippen MR) is 151 cm³/mol. The molecule has 0 saturated heterocycles. The number of hydrogen-bond donors (Lipinski definition) is 0. The second-order valence-electron chi connectivity index (χ2n) is 8.40. The third-order valence-corrected chi connectivity index (χ3v) is 7.94. The van der Waals surface area contributed by atoms with Crippen LogP contribution in [0, 0.1) is 0 Å². The van der Waals surface area contributed by atoms with Crippen molar-refractivity contribution in [2.75, 3.05) is 11.5 Å². The number of ether oxygens (including phenoxy) is 1. The van der Waals surface area contributed by atoms with E-state index in [1.54, 1.807) is 38.8 Å². The molecule has 38 heavy (non-hydrogen) atoms. The summed E-state index contributed by atoms with van der Waals surface area (Å²) in [5.74, 6) is -0.918. The molecule has 0 unspecified atom stereocenters. The zero-order valence-corrected chi connectivity index (χ0v) is 21.7. The Morgan fingerprint density at radius 2 is 1.53 bits per heavy atom. The number of thiophene rings is 1. The lowest BCUT2D eigenvalue weighted by molar-refractivity contribution is -0.142. The molecule has 1 aliphatic heterocycles. The van der Waals surface area contributed by atoms with Crippen molar-refractivity contribution in [3.05, 3.63) is 114 Å². The molecule has 0 fully saturated rings. The monoisotopic (exact) mass is 535 g/mol. The zero-order valence-electron chi connectivity index (χ0n) is 20.1. The first-order chi connectivity index (χ1) is 18.7. The van der Waals surface area contributed by atoms with Gasteiger partial charge in [-0.25, -0.2) is 9.48 Å². The smallest absolute Gasteiger partial charge is 0.331 e. The molecule has 186 valence electrons. The van der Waals surface area contributed by atoms with Gasteiger partial charge < -0.3 is 4.74 Å². The predicted octanol–water partition coefficient (Wildman–Crippen LogP) is 6.99. The van der Waals surface area contributed by atoms with Gasteiger partial charge in [0.25, 0.3) is 5.91 Å². The van der Waals surface area contributed by atoms with Gasteiger partial charge in [0.2, 0.25) is 0 Å².